The van der Waals surface area contributed by atoms with Gasteiger partial charge in [0, 0.05) is 43.5 Å². The number of hydrogen-bond acceptors (Lipinski definition) is 4. The van der Waals surface area contributed by atoms with Crippen LogP contribution in [0.4, 0.5) is 19.0 Å². The summed E-state index contributed by atoms with van der Waals surface area (Å²) in [6.45, 7) is 4.94. The summed E-state index contributed by atoms with van der Waals surface area (Å²) in [6.07, 6.45) is 0.154. The first-order chi connectivity index (χ1) is 14.2. The van der Waals surface area contributed by atoms with Crippen LogP contribution in [0.2, 0.25) is 0 Å². The molecule has 6 nitrogen and oxygen atoms in total. The van der Waals surface area contributed by atoms with Crippen molar-refractivity contribution in [1.29, 1.82) is 0 Å². The number of anilines is 1. The zero-order valence-electron chi connectivity index (χ0n) is 17.1. The third-order valence-corrected chi connectivity index (χ3v) is 6.15. The van der Waals surface area contributed by atoms with Crippen molar-refractivity contribution in [3.8, 4) is 0 Å². The molecule has 4 rings (SSSR count). The fourth-order valence-electron chi connectivity index (χ4n) is 4.31. The number of halogens is 3. The molecule has 0 saturated carbocycles. The molecule has 0 unspecified atom stereocenters. The number of carbonyl (C=O) groups excluding carboxylic acids is 1. The molecule has 2 aliphatic rings. The highest BCUT2D eigenvalue weighted by atomic mass is 19.4. The number of carbonyl (C=O) groups is 1. The van der Waals surface area contributed by atoms with Gasteiger partial charge in [-0.2, -0.15) is 18.3 Å². The van der Waals surface area contributed by atoms with Gasteiger partial charge in [-0.3, -0.25) is 9.78 Å². The van der Waals surface area contributed by atoms with Crippen LogP contribution < -0.4 is 5.32 Å². The van der Waals surface area contributed by atoms with E-state index in [9.17, 15) is 18.0 Å². The van der Waals surface area contributed by atoms with E-state index in [2.05, 4.69) is 15.4 Å². The van der Waals surface area contributed by atoms with Crippen molar-refractivity contribution in [2.45, 2.75) is 57.3 Å². The molecule has 2 aromatic rings. The molecule has 2 atom stereocenters. The lowest BCUT2D eigenvalue weighted by Gasteiger charge is -2.35. The third kappa shape index (κ3) is 4.02. The summed E-state index contributed by atoms with van der Waals surface area (Å²) in [6, 6.07) is 3.37. The maximum atomic E-state index is 13.7. The van der Waals surface area contributed by atoms with E-state index in [0.717, 1.165) is 4.68 Å². The van der Waals surface area contributed by atoms with Crippen LogP contribution in [0.5, 0.6) is 0 Å². The van der Waals surface area contributed by atoms with Gasteiger partial charge in [-0.15, -0.1) is 0 Å². The predicted octanol–water partition coefficient (Wildman–Crippen LogP) is 4.24. The van der Waals surface area contributed by atoms with E-state index in [0.29, 0.717) is 43.0 Å². The van der Waals surface area contributed by atoms with E-state index in [1.165, 1.54) is 0 Å². The molecule has 0 aliphatic carbocycles. The molecule has 0 radical (unpaired) electrons. The number of likely N-dealkylation sites (tertiary alicyclic amines) is 1. The molecule has 9 heteroatoms. The van der Waals surface area contributed by atoms with Crippen molar-refractivity contribution in [2.75, 3.05) is 18.4 Å². The minimum Gasteiger partial charge on any atom is -0.367 e. The standard InChI is InChI=1S/C21H26F3N5O/c1-13(2)16-10-18(21(22,23)24)29-19(26-16)11-17(27-29)14-5-8-28(9-6-14)20(30)15-4-3-7-25-12-15/h3-4,7,11-14,16,18,26H,5-6,8-10H2,1-2H3/t16-,18+/m0/s1. The van der Waals surface area contributed by atoms with Gasteiger partial charge in [0.25, 0.3) is 5.91 Å². The van der Waals surface area contributed by atoms with Crippen LogP contribution in [-0.4, -0.2) is 50.9 Å². The highest BCUT2D eigenvalue weighted by molar-refractivity contribution is 5.93. The summed E-state index contributed by atoms with van der Waals surface area (Å²) in [4.78, 5) is 18.3. The number of rotatable bonds is 3. The fraction of sp³-hybridized carbons (Fsp3) is 0.571. The Balaban J connectivity index is 1.48. The predicted molar refractivity (Wildman–Crippen MR) is 106 cm³/mol. The van der Waals surface area contributed by atoms with Crippen molar-refractivity contribution in [1.82, 2.24) is 19.7 Å². The Labute approximate surface area is 173 Å². The summed E-state index contributed by atoms with van der Waals surface area (Å²) in [5.74, 6) is 0.494. The number of fused-ring (bicyclic) bond motifs is 1. The number of alkyl halides is 3. The molecule has 1 fully saturated rings. The second-order valence-corrected chi connectivity index (χ2v) is 8.50. The average Bonchev–Trinajstić information content (AvgIpc) is 3.16. The monoisotopic (exact) mass is 421 g/mol. The summed E-state index contributed by atoms with van der Waals surface area (Å²) in [7, 11) is 0. The van der Waals surface area contributed by atoms with Gasteiger partial charge < -0.3 is 10.2 Å². The van der Waals surface area contributed by atoms with Gasteiger partial charge >= 0.3 is 6.18 Å². The number of piperidine rings is 1. The molecular formula is C21H26F3N5O. The van der Waals surface area contributed by atoms with Gasteiger partial charge in [-0.25, -0.2) is 4.68 Å². The molecule has 2 aliphatic heterocycles. The summed E-state index contributed by atoms with van der Waals surface area (Å²) >= 11 is 0. The minimum atomic E-state index is -4.34. The SMILES string of the molecule is CC(C)[C@@H]1C[C@H](C(F)(F)F)n2nc(C3CCN(C(=O)c4cccnc4)CC3)cc2N1. The first kappa shape index (κ1) is 20.7. The number of nitrogens with zero attached hydrogens (tertiary/aromatic N) is 4. The maximum Gasteiger partial charge on any atom is 0.410 e. The first-order valence-electron chi connectivity index (χ1n) is 10.4. The number of hydrogen-bond donors (Lipinski definition) is 1. The Morgan fingerprint density at radius 3 is 2.60 bits per heavy atom. The highest BCUT2D eigenvalue weighted by Gasteiger charge is 2.47. The van der Waals surface area contributed by atoms with Gasteiger partial charge in [0.1, 0.15) is 5.82 Å². The lowest BCUT2D eigenvalue weighted by Crippen LogP contribution is -2.41. The lowest BCUT2D eigenvalue weighted by atomic mass is 9.93. The van der Waals surface area contributed by atoms with Crippen LogP contribution in [0.3, 0.4) is 0 Å². The van der Waals surface area contributed by atoms with E-state index in [1.807, 2.05) is 13.8 Å². The molecule has 30 heavy (non-hydrogen) atoms. The summed E-state index contributed by atoms with van der Waals surface area (Å²) in [5, 5.41) is 7.60. The summed E-state index contributed by atoms with van der Waals surface area (Å²) in [5.41, 5.74) is 1.22. The van der Waals surface area contributed by atoms with Gasteiger partial charge in [0.15, 0.2) is 6.04 Å². The van der Waals surface area contributed by atoms with E-state index < -0.39 is 12.2 Å². The molecule has 4 heterocycles. The first-order valence-corrected chi connectivity index (χ1v) is 10.4. The number of amides is 1. The number of pyridine rings is 1. The second-order valence-electron chi connectivity index (χ2n) is 8.50. The van der Waals surface area contributed by atoms with Crippen LogP contribution in [0.15, 0.2) is 30.6 Å². The van der Waals surface area contributed by atoms with Crippen molar-refractivity contribution in [3.05, 3.63) is 41.9 Å². The van der Waals surface area contributed by atoms with Gasteiger partial charge in [0.2, 0.25) is 0 Å². The quantitative estimate of drug-likeness (QED) is 0.805. The molecule has 1 amide bonds. The Bertz CT molecular complexity index is 888. The summed E-state index contributed by atoms with van der Waals surface area (Å²) < 4.78 is 42.1. The van der Waals surface area contributed by atoms with Gasteiger partial charge in [0.05, 0.1) is 11.3 Å². The fourth-order valence-corrected chi connectivity index (χ4v) is 4.31. The van der Waals surface area contributed by atoms with E-state index in [-0.39, 0.29) is 30.2 Å². The van der Waals surface area contributed by atoms with Crippen molar-refractivity contribution in [2.24, 2.45) is 5.92 Å². The van der Waals surface area contributed by atoms with Crippen LogP contribution >= 0.6 is 0 Å². The smallest absolute Gasteiger partial charge is 0.367 e. The topological polar surface area (TPSA) is 63.1 Å². The molecule has 0 bridgehead atoms. The zero-order valence-corrected chi connectivity index (χ0v) is 17.1. The largest absolute Gasteiger partial charge is 0.410 e. The van der Waals surface area contributed by atoms with E-state index in [1.54, 1.807) is 35.5 Å². The second kappa shape index (κ2) is 7.92. The van der Waals surface area contributed by atoms with Crippen LogP contribution in [0.25, 0.3) is 0 Å². The average molecular weight is 421 g/mol. The molecule has 2 aromatic heterocycles. The van der Waals surface area contributed by atoms with Crippen LogP contribution in [-0.2, 0) is 0 Å². The van der Waals surface area contributed by atoms with Crippen LogP contribution in [0.1, 0.15) is 61.1 Å². The van der Waals surface area contributed by atoms with Crippen LogP contribution in [0, 0.1) is 5.92 Å². The Morgan fingerprint density at radius 2 is 2.00 bits per heavy atom. The van der Waals surface area contributed by atoms with Gasteiger partial charge in [-0.05, 0) is 37.3 Å². The molecule has 1 N–H and O–H groups in total. The van der Waals surface area contributed by atoms with Crippen molar-refractivity contribution >= 4 is 11.7 Å². The third-order valence-electron chi connectivity index (χ3n) is 6.15. The lowest BCUT2D eigenvalue weighted by molar-refractivity contribution is -0.174. The van der Waals surface area contributed by atoms with Gasteiger partial charge in [-0.1, -0.05) is 13.8 Å². The normalized spacial score (nSPS) is 22.7. The molecule has 162 valence electrons. The Kier molecular flexibility index (Phi) is 5.46. The number of nitrogens with one attached hydrogen (secondary N) is 1. The minimum absolute atomic E-state index is 0.0205. The number of aromatic nitrogens is 3. The highest BCUT2D eigenvalue weighted by Crippen LogP contribution is 2.42. The van der Waals surface area contributed by atoms with E-state index >= 15 is 0 Å². The Morgan fingerprint density at radius 1 is 1.27 bits per heavy atom. The van der Waals surface area contributed by atoms with Crippen molar-refractivity contribution in [3.63, 3.8) is 0 Å². The zero-order chi connectivity index (χ0) is 21.5. The molecular weight excluding hydrogens is 395 g/mol. The maximum absolute atomic E-state index is 13.7. The molecule has 1 saturated heterocycles. The van der Waals surface area contributed by atoms with Crippen molar-refractivity contribution < 1.29 is 18.0 Å². The van der Waals surface area contributed by atoms with E-state index in [4.69, 9.17) is 0 Å². The molecule has 0 aromatic carbocycles. The molecule has 0 spiro atoms. The Hall–Kier alpha value is -2.58.